The summed E-state index contributed by atoms with van der Waals surface area (Å²) in [6, 6.07) is 1.77. The van der Waals surface area contributed by atoms with E-state index in [1.54, 1.807) is 12.9 Å². The number of aliphatic hydroxyl groups excluding tert-OH is 1. The van der Waals surface area contributed by atoms with Crippen LogP contribution >= 0.6 is 11.3 Å². The molecule has 0 aliphatic rings. The quantitative estimate of drug-likeness (QED) is 0.426. The Hall–Kier alpha value is -0.555. The molecule has 6 heteroatoms. The van der Waals surface area contributed by atoms with Gasteiger partial charge in [-0.05, 0) is 19.8 Å². The monoisotopic (exact) mass is 201 g/mol. The van der Waals surface area contributed by atoms with Crippen molar-refractivity contribution >= 4 is 24.1 Å². The minimum atomic E-state index is -1.49. The largest absolute Gasteiger partial charge is 0.433 e. The fourth-order valence-corrected chi connectivity index (χ4v) is 1.92. The lowest BCUT2D eigenvalue weighted by Crippen LogP contribution is -2.20. The Morgan fingerprint density at radius 3 is 2.62 bits per heavy atom. The van der Waals surface area contributed by atoms with E-state index in [0.29, 0.717) is 10.6 Å². The predicted octanol–water partition coefficient (Wildman–Crippen LogP) is 0.562. The minimum absolute atomic E-state index is 0.429. The van der Waals surface area contributed by atoms with Gasteiger partial charge in [-0.15, -0.1) is 11.3 Å². The van der Waals surface area contributed by atoms with Crippen LogP contribution < -0.4 is 5.23 Å². The van der Waals surface area contributed by atoms with Crippen LogP contribution in [0.5, 0.6) is 0 Å². The summed E-state index contributed by atoms with van der Waals surface area (Å²) >= 11 is 1.29. The molecule has 1 heterocycles. The third-order valence-corrected chi connectivity index (χ3v) is 2.57. The molecule has 0 spiro atoms. The minimum Gasteiger partial charge on any atom is -0.433 e. The second kappa shape index (κ2) is 4.10. The summed E-state index contributed by atoms with van der Waals surface area (Å²) in [5.74, 6) is 0. The molecule has 72 valence electrons. The van der Waals surface area contributed by atoms with E-state index in [2.05, 4.69) is 5.23 Å². The van der Waals surface area contributed by atoms with E-state index >= 15 is 0 Å². The van der Waals surface area contributed by atoms with Gasteiger partial charge in [0.05, 0.1) is 4.88 Å². The summed E-state index contributed by atoms with van der Waals surface area (Å²) < 4.78 is 0. The fraction of sp³-hybridized carbons (Fsp3) is 0.429. The Morgan fingerprint density at radius 1 is 1.54 bits per heavy atom. The Kier molecular flexibility index (Phi) is 3.32. The van der Waals surface area contributed by atoms with E-state index in [1.807, 2.05) is 6.92 Å². The van der Waals surface area contributed by atoms with Crippen LogP contribution in [0, 0.1) is 6.92 Å². The van der Waals surface area contributed by atoms with Crippen LogP contribution in [0.15, 0.2) is 6.07 Å². The summed E-state index contributed by atoms with van der Waals surface area (Å²) in [6.07, 6.45) is -1.49. The van der Waals surface area contributed by atoms with Crippen LogP contribution in [0.3, 0.4) is 0 Å². The van der Waals surface area contributed by atoms with Crippen molar-refractivity contribution in [3.8, 4) is 0 Å². The van der Waals surface area contributed by atoms with Crippen molar-refractivity contribution in [2.24, 2.45) is 0 Å². The van der Waals surface area contributed by atoms with Crippen LogP contribution in [0.2, 0.25) is 6.82 Å². The number of anilines is 1. The molecule has 0 aliphatic carbocycles. The zero-order valence-corrected chi connectivity index (χ0v) is 8.30. The number of hydrogen-bond acceptors (Lipinski definition) is 5. The molecule has 13 heavy (non-hydrogen) atoms. The first-order valence-electron chi connectivity index (χ1n) is 3.91. The van der Waals surface area contributed by atoms with Crippen LogP contribution in [0.4, 0.5) is 5.69 Å². The van der Waals surface area contributed by atoms with Crippen molar-refractivity contribution in [2.75, 3.05) is 5.23 Å². The Balaban J connectivity index is 2.91. The highest BCUT2D eigenvalue weighted by Gasteiger charge is 2.15. The standard InChI is InChI=1S/C7H12BNO3S/c1-4-3-5(9-8(2)12)6(13-4)7(10)11/h3,7,9-12H,1-2H3. The molecule has 0 saturated heterocycles. The van der Waals surface area contributed by atoms with Gasteiger partial charge in [-0.25, -0.2) is 0 Å². The maximum Gasteiger partial charge on any atom is 0.406 e. The van der Waals surface area contributed by atoms with Gasteiger partial charge in [0.2, 0.25) is 0 Å². The van der Waals surface area contributed by atoms with Gasteiger partial charge in [0.25, 0.3) is 0 Å². The van der Waals surface area contributed by atoms with E-state index in [4.69, 9.17) is 15.2 Å². The SMILES string of the molecule is CB(O)Nc1cc(C)sc1C(O)O. The van der Waals surface area contributed by atoms with Crippen molar-refractivity contribution in [1.82, 2.24) is 0 Å². The summed E-state index contributed by atoms with van der Waals surface area (Å²) in [6.45, 7) is 3.43. The highest BCUT2D eigenvalue weighted by Crippen LogP contribution is 2.30. The third kappa shape index (κ3) is 2.70. The molecule has 0 radical (unpaired) electrons. The molecule has 0 bridgehead atoms. The topological polar surface area (TPSA) is 72.7 Å². The first-order chi connectivity index (χ1) is 6.00. The predicted molar refractivity (Wildman–Crippen MR) is 53.7 cm³/mol. The van der Waals surface area contributed by atoms with E-state index in [-0.39, 0.29) is 0 Å². The molecule has 4 N–H and O–H groups in total. The third-order valence-electron chi connectivity index (χ3n) is 1.48. The summed E-state index contributed by atoms with van der Waals surface area (Å²) in [4.78, 5) is 1.39. The highest BCUT2D eigenvalue weighted by molar-refractivity contribution is 7.12. The molecule has 0 fully saturated rings. The van der Waals surface area contributed by atoms with E-state index in [9.17, 15) is 0 Å². The summed E-state index contributed by atoms with van der Waals surface area (Å²) in [5.41, 5.74) is 0.576. The number of aliphatic hydroxyl groups is 2. The maximum absolute atomic E-state index is 9.05. The van der Waals surface area contributed by atoms with E-state index in [1.165, 1.54) is 11.3 Å². The van der Waals surface area contributed by atoms with Crippen molar-refractivity contribution < 1.29 is 15.2 Å². The van der Waals surface area contributed by atoms with Gasteiger partial charge in [0, 0.05) is 10.6 Å². The second-order valence-corrected chi connectivity index (χ2v) is 4.12. The molecule has 1 aromatic heterocycles. The van der Waals surface area contributed by atoms with Gasteiger partial charge in [0.15, 0.2) is 6.29 Å². The first-order valence-corrected chi connectivity index (χ1v) is 4.73. The molecule has 1 rings (SSSR count). The van der Waals surface area contributed by atoms with Crippen molar-refractivity contribution in [1.29, 1.82) is 0 Å². The van der Waals surface area contributed by atoms with Gasteiger partial charge in [0.1, 0.15) is 0 Å². The lowest BCUT2D eigenvalue weighted by molar-refractivity contribution is -0.0389. The number of nitrogens with one attached hydrogen (secondary N) is 1. The first kappa shape index (κ1) is 10.5. The van der Waals surface area contributed by atoms with E-state index in [0.717, 1.165) is 4.88 Å². The van der Waals surface area contributed by atoms with Gasteiger partial charge in [-0.1, -0.05) is 0 Å². The molecule has 0 unspecified atom stereocenters. The molecule has 4 nitrogen and oxygen atoms in total. The van der Waals surface area contributed by atoms with Crippen LogP contribution in [0.25, 0.3) is 0 Å². The number of rotatable bonds is 3. The molecule has 0 atom stereocenters. The average molecular weight is 201 g/mol. The molecular weight excluding hydrogens is 189 g/mol. The zero-order valence-electron chi connectivity index (χ0n) is 7.48. The van der Waals surface area contributed by atoms with Crippen molar-refractivity contribution in [2.45, 2.75) is 20.0 Å². The van der Waals surface area contributed by atoms with Crippen LogP contribution in [0.1, 0.15) is 16.0 Å². The Labute approximate surface area is 81.0 Å². The lowest BCUT2D eigenvalue weighted by Gasteiger charge is -2.07. The maximum atomic E-state index is 9.05. The van der Waals surface area contributed by atoms with Gasteiger partial charge < -0.3 is 20.5 Å². The summed E-state index contributed by atoms with van der Waals surface area (Å²) in [7, 11) is -0.702. The second-order valence-electron chi connectivity index (χ2n) is 2.83. The van der Waals surface area contributed by atoms with Crippen LogP contribution in [-0.4, -0.2) is 22.3 Å². The van der Waals surface area contributed by atoms with Gasteiger partial charge in [-0.2, -0.15) is 0 Å². The molecule has 0 saturated carbocycles. The summed E-state index contributed by atoms with van der Waals surface area (Å²) in [5, 5.41) is 29.7. The smallest absolute Gasteiger partial charge is 0.406 e. The highest BCUT2D eigenvalue weighted by atomic mass is 32.1. The van der Waals surface area contributed by atoms with E-state index < -0.39 is 13.3 Å². The number of thiophene rings is 1. The average Bonchev–Trinajstić information content (AvgIpc) is 2.29. The lowest BCUT2D eigenvalue weighted by atomic mass is 9.88. The Morgan fingerprint density at radius 2 is 2.15 bits per heavy atom. The Bertz CT molecular complexity index is 287. The number of hydrogen-bond donors (Lipinski definition) is 4. The van der Waals surface area contributed by atoms with Gasteiger partial charge >= 0.3 is 7.05 Å². The van der Waals surface area contributed by atoms with Crippen molar-refractivity contribution in [3.05, 3.63) is 15.8 Å². The normalized spacial score (nSPS) is 10.6. The fourth-order valence-electron chi connectivity index (χ4n) is 1.06. The zero-order chi connectivity index (χ0) is 10.0. The van der Waals surface area contributed by atoms with Crippen LogP contribution in [-0.2, 0) is 0 Å². The molecule has 0 amide bonds. The van der Waals surface area contributed by atoms with Gasteiger partial charge in [-0.3, -0.25) is 0 Å². The molecule has 0 aliphatic heterocycles. The number of aryl methyl sites for hydroxylation is 1. The van der Waals surface area contributed by atoms with Crippen molar-refractivity contribution in [3.63, 3.8) is 0 Å². The molecular formula is C7H12BNO3S. The molecule has 0 aromatic carbocycles. The molecule has 1 aromatic rings.